The van der Waals surface area contributed by atoms with Crippen molar-refractivity contribution in [2.45, 2.75) is 72.7 Å². The third-order valence-corrected chi connectivity index (χ3v) is 8.21. The first-order chi connectivity index (χ1) is 18.8. The highest BCUT2D eigenvalue weighted by molar-refractivity contribution is 5.81. The fourth-order valence-electron chi connectivity index (χ4n) is 5.82. The molecule has 4 N–H and O–H groups in total. The van der Waals surface area contributed by atoms with E-state index in [1.165, 1.54) is 16.7 Å². The van der Waals surface area contributed by atoms with E-state index in [-0.39, 0.29) is 18.2 Å². The standard InChI is InChI=1S/C32H38N4O3.H3N/c1-6-26-19-35(17-24-10-8-9-11-29(24)39-26)18-25-16-23(13-12-20(25)3)30(22(5)32(37)38)27-14-15-28-31(21(27)4)33-34-36(28)7-2;/h8-16,22,26,30H,6-7,17-19H2,1-5H3,(H,37,38);1H3/t22-,26-,30-;/m1./s1. The Balaban J connectivity index is 0.00000370. The molecule has 1 aliphatic rings. The maximum atomic E-state index is 12.4. The summed E-state index contributed by atoms with van der Waals surface area (Å²) in [4.78, 5) is 14.8. The molecular weight excluding hydrogens is 502 g/mol. The van der Waals surface area contributed by atoms with Gasteiger partial charge in [0.2, 0.25) is 0 Å². The number of carboxylic acid groups (broad SMARTS) is 1. The highest BCUT2D eigenvalue weighted by atomic mass is 16.5. The van der Waals surface area contributed by atoms with Crippen LogP contribution in [0.2, 0.25) is 0 Å². The summed E-state index contributed by atoms with van der Waals surface area (Å²) in [6.45, 7) is 13.3. The number of carboxylic acids is 1. The number of ether oxygens (including phenoxy) is 1. The van der Waals surface area contributed by atoms with Crippen LogP contribution in [0.3, 0.4) is 0 Å². The summed E-state index contributed by atoms with van der Waals surface area (Å²) in [5, 5.41) is 18.9. The number of hydrogen-bond acceptors (Lipinski definition) is 6. The average Bonchev–Trinajstić information content (AvgIpc) is 3.27. The minimum atomic E-state index is -0.814. The van der Waals surface area contributed by atoms with Gasteiger partial charge in [-0.1, -0.05) is 61.5 Å². The van der Waals surface area contributed by atoms with E-state index in [0.717, 1.165) is 66.1 Å². The van der Waals surface area contributed by atoms with Crippen LogP contribution >= 0.6 is 0 Å². The Kier molecular flexibility index (Phi) is 8.91. The molecule has 0 saturated heterocycles. The van der Waals surface area contributed by atoms with Gasteiger partial charge in [0.05, 0.1) is 11.4 Å². The molecule has 4 aromatic rings. The number of rotatable bonds is 8. The second-order valence-corrected chi connectivity index (χ2v) is 10.8. The molecule has 0 amide bonds. The fraction of sp³-hybridized carbons (Fsp3) is 0.406. The third kappa shape index (κ3) is 5.60. The van der Waals surface area contributed by atoms with Gasteiger partial charge in [0.15, 0.2) is 0 Å². The predicted molar refractivity (Wildman–Crippen MR) is 158 cm³/mol. The zero-order valence-corrected chi connectivity index (χ0v) is 24.2. The number of carbonyl (C=O) groups is 1. The van der Waals surface area contributed by atoms with Crippen LogP contribution in [-0.4, -0.2) is 43.6 Å². The van der Waals surface area contributed by atoms with Gasteiger partial charge in [0.1, 0.15) is 17.4 Å². The highest BCUT2D eigenvalue weighted by Crippen LogP contribution is 2.37. The maximum Gasteiger partial charge on any atom is 0.307 e. The summed E-state index contributed by atoms with van der Waals surface area (Å²) < 4.78 is 8.19. The van der Waals surface area contributed by atoms with Crippen molar-refractivity contribution in [2.24, 2.45) is 5.92 Å². The molecule has 8 nitrogen and oxygen atoms in total. The Labute approximate surface area is 236 Å². The molecule has 0 bridgehead atoms. The molecule has 0 fully saturated rings. The quantitative estimate of drug-likeness (QED) is 0.270. The van der Waals surface area contributed by atoms with E-state index in [9.17, 15) is 9.90 Å². The number of aliphatic carboxylic acids is 1. The molecule has 5 rings (SSSR count). The monoisotopic (exact) mass is 543 g/mol. The van der Waals surface area contributed by atoms with E-state index in [2.05, 4.69) is 71.5 Å². The Morgan fingerprint density at radius 2 is 1.90 bits per heavy atom. The van der Waals surface area contributed by atoms with Crippen molar-refractivity contribution in [3.8, 4) is 5.75 Å². The largest absolute Gasteiger partial charge is 0.489 e. The van der Waals surface area contributed by atoms with Crippen LogP contribution in [0.4, 0.5) is 0 Å². The zero-order valence-electron chi connectivity index (χ0n) is 24.2. The van der Waals surface area contributed by atoms with Crippen molar-refractivity contribution in [1.82, 2.24) is 26.0 Å². The van der Waals surface area contributed by atoms with Gasteiger partial charge in [-0.25, -0.2) is 4.68 Å². The highest BCUT2D eigenvalue weighted by Gasteiger charge is 2.30. The molecule has 2 heterocycles. The number of aryl methyl sites for hydroxylation is 3. The molecular formula is C32H41N5O3. The SMILES string of the molecule is CC[C@@H]1CN(Cc2cc([C@H](c3ccc4c(nnn4CC)c3C)[C@@H](C)C(=O)O)ccc2C)Cc2ccccc2O1.N. The van der Waals surface area contributed by atoms with E-state index in [1.807, 2.05) is 30.7 Å². The number of benzene rings is 3. The number of fused-ring (bicyclic) bond motifs is 2. The van der Waals surface area contributed by atoms with Crippen LogP contribution in [0, 0.1) is 19.8 Å². The normalized spacial score (nSPS) is 16.9. The van der Waals surface area contributed by atoms with Crippen molar-refractivity contribution in [3.05, 3.63) is 88.0 Å². The Morgan fingerprint density at radius 3 is 2.62 bits per heavy atom. The van der Waals surface area contributed by atoms with Crippen molar-refractivity contribution >= 4 is 17.0 Å². The molecule has 40 heavy (non-hydrogen) atoms. The smallest absolute Gasteiger partial charge is 0.307 e. The second-order valence-electron chi connectivity index (χ2n) is 10.8. The van der Waals surface area contributed by atoms with Crippen molar-refractivity contribution in [2.75, 3.05) is 6.54 Å². The first kappa shape index (κ1) is 29.2. The summed E-state index contributed by atoms with van der Waals surface area (Å²) in [5.74, 6) is -0.764. The Hall–Kier alpha value is -3.75. The molecule has 0 aliphatic carbocycles. The van der Waals surface area contributed by atoms with E-state index < -0.39 is 11.9 Å². The lowest BCUT2D eigenvalue weighted by atomic mass is 9.79. The minimum absolute atomic E-state index is 0. The number of hydrogen-bond donors (Lipinski definition) is 2. The van der Waals surface area contributed by atoms with Gasteiger partial charge in [0, 0.05) is 37.7 Å². The summed E-state index contributed by atoms with van der Waals surface area (Å²) >= 11 is 0. The van der Waals surface area contributed by atoms with Crippen molar-refractivity contribution < 1.29 is 14.6 Å². The molecule has 8 heteroatoms. The average molecular weight is 544 g/mol. The summed E-state index contributed by atoms with van der Waals surface area (Å²) in [6.07, 6.45) is 1.06. The second kappa shape index (κ2) is 12.2. The number of para-hydroxylation sites is 1. The predicted octanol–water partition coefficient (Wildman–Crippen LogP) is 6.26. The molecule has 3 aromatic carbocycles. The molecule has 0 radical (unpaired) electrons. The summed E-state index contributed by atoms with van der Waals surface area (Å²) in [6, 6.07) is 18.8. The first-order valence-electron chi connectivity index (χ1n) is 13.9. The summed E-state index contributed by atoms with van der Waals surface area (Å²) in [7, 11) is 0. The fourth-order valence-corrected chi connectivity index (χ4v) is 5.82. The van der Waals surface area contributed by atoms with Crippen molar-refractivity contribution in [3.63, 3.8) is 0 Å². The molecule has 1 aromatic heterocycles. The van der Waals surface area contributed by atoms with Gasteiger partial charge < -0.3 is 16.0 Å². The molecule has 0 unspecified atom stereocenters. The van der Waals surface area contributed by atoms with E-state index in [4.69, 9.17) is 4.74 Å². The molecule has 0 spiro atoms. The van der Waals surface area contributed by atoms with Crippen LogP contribution in [-0.2, 0) is 24.4 Å². The lowest BCUT2D eigenvalue weighted by molar-refractivity contribution is -0.141. The molecule has 1 aliphatic heterocycles. The van der Waals surface area contributed by atoms with Crippen LogP contribution < -0.4 is 10.9 Å². The minimum Gasteiger partial charge on any atom is -0.489 e. The maximum absolute atomic E-state index is 12.4. The van der Waals surface area contributed by atoms with E-state index in [0.29, 0.717) is 0 Å². The van der Waals surface area contributed by atoms with E-state index in [1.54, 1.807) is 6.92 Å². The van der Waals surface area contributed by atoms with Crippen LogP contribution in [0.5, 0.6) is 5.75 Å². The Bertz CT molecular complexity index is 1500. The van der Waals surface area contributed by atoms with E-state index >= 15 is 0 Å². The first-order valence-corrected chi connectivity index (χ1v) is 13.9. The third-order valence-electron chi connectivity index (χ3n) is 8.21. The molecule has 212 valence electrons. The molecule has 0 saturated carbocycles. The van der Waals surface area contributed by atoms with Gasteiger partial charge in [0.25, 0.3) is 0 Å². The van der Waals surface area contributed by atoms with Gasteiger partial charge in [-0.3, -0.25) is 9.69 Å². The van der Waals surface area contributed by atoms with Gasteiger partial charge >= 0.3 is 5.97 Å². The van der Waals surface area contributed by atoms with Crippen molar-refractivity contribution in [1.29, 1.82) is 0 Å². The topological polar surface area (TPSA) is 115 Å². The van der Waals surface area contributed by atoms with Gasteiger partial charge in [-0.05, 0) is 67.1 Å². The Morgan fingerprint density at radius 1 is 1.12 bits per heavy atom. The number of nitrogens with zero attached hydrogens (tertiary/aromatic N) is 4. The molecule has 3 atom stereocenters. The van der Waals surface area contributed by atoms with Gasteiger partial charge in [-0.2, -0.15) is 0 Å². The lowest BCUT2D eigenvalue weighted by Gasteiger charge is -2.27. The lowest BCUT2D eigenvalue weighted by Crippen LogP contribution is -2.32. The van der Waals surface area contributed by atoms with Crippen LogP contribution in [0.1, 0.15) is 66.5 Å². The van der Waals surface area contributed by atoms with Crippen LogP contribution in [0.15, 0.2) is 54.6 Å². The van der Waals surface area contributed by atoms with Crippen LogP contribution in [0.25, 0.3) is 11.0 Å². The van der Waals surface area contributed by atoms with Gasteiger partial charge in [-0.15, -0.1) is 5.10 Å². The number of aromatic nitrogens is 3. The zero-order chi connectivity index (χ0) is 27.7. The summed E-state index contributed by atoms with van der Waals surface area (Å²) in [5.41, 5.74) is 8.39.